The molecule has 1 aromatic heterocycles. The van der Waals surface area contributed by atoms with Gasteiger partial charge in [-0.25, -0.2) is 4.98 Å². The van der Waals surface area contributed by atoms with E-state index in [9.17, 15) is 13.2 Å². The lowest BCUT2D eigenvalue weighted by Crippen LogP contribution is -2.22. The topological polar surface area (TPSA) is 17.8 Å². The van der Waals surface area contributed by atoms with Crippen molar-refractivity contribution in [2.24, 2.45) is 11.8 Å². The normalized spacial score (nSPS) is 21.2. The molecule has 16 heavy (non-hydrogen) atoms. The number of aryl methyl sites for hydroxylation is 1. The van der Waals surface area contributed by atoms with Gasteiger partial charge in [0.2, 0.25) is 0 Å². The number of hydrogen-bond acceptors (Lipinski definition) is 1. The minimum absolute atomic E-state index is 0.455. The highest BCUT2D eigenvalue weighted by Crippen LogP contribution is 2.32. The summed E-state index contributed by atoms with van der Waals surface area (Å²) < 4.78 is 39.0. The second kappa shape index (κ2) is 3.79. The highest BCUT2D eigenvalue weighted by molar-refractivity contribution is 5.10. The van der Waals surface area contributed by atoms with Crippen molar-refractivity contribution >= 4 is 0 Å². The minimum atomic E-state index is -4.32. The van der Waals surface area contributed by atoms with Gasteiger partial charge in [0.25, 0.3) is 0 Å². The Bertz CT molecular complexity index is 379. The predicted octanol–water partition coefficient (Wildman–Crippen LogP) is 3.12. The molecular formula is C11H15F3N2. The highest BCUT2D eigenvalue weighted by Gasteiger charge is 2.36. The van der Waals surface area contributed by atoms with Crippen molar-refractivity contribution in [3.63, 3.8) is 0 Å². The van der Waals surface area contributed by atoms with Crippen LogP contribution in [0.15, 0.2) is 6.20 Å². The van der Waals surface area contributed by atoms with Gasteiger partial charge in [-0.15, -0.1) is 0 Å². The van der Waals surface area contributed by atoms with Gasteiger partial charge in [0.05, 0.1) is 0 Å². The van der Waals surface area contributed by atoms with Crippen LogP contribution in [0.4, 0.5) is 13.2 Å². The molecule has 2 heterocycles. The minimum Gasteiger partial charge on any atom is -0.334 e. The Labute approximate surface area is 92.5 Å². The van der Waals surface area contributed by atoms with Crippen molar-refractivity contribution in [1.82, 2.24) is 9.55 Å². The summed E-state index contributed by atoms with van der Waals surface area (Å²) in [5.41, 5.74) is -0.757. The molecule has 0 amide bonds. The smallest absolute Gasteiger partial charge is 0.334 e. The zero-order valence-corrected chi connectivity index (χ0v) is 9.38. The second-order valence-electron chi connectivity index (χ2n) is 4.73. The van der Waals surface area contributed by atoms with Crippen LogP contribution in [-0.4, -0.2) is 9.55 Å². The monoisotopic (exact) mass is 232 g/mol. The third-order valence-corrected chi connectivity index (χ3v) is 3.28. The molecule has 1 unspecified atom stereocenters. The van der Waals surface area contributed by atoms with Gasteiger partial charge in [-0.05, 0) is 18.3 Å². The van der Waals surface area contributed by atoms with Crippen LogP contribution in [0.1, 0.15) is 31.8 Å². The van der Waals surface area contributed by atoms with Crippen molar-refractivity contribution in [2.45, 2.75) is 39.4 Å². The van der Waals surface area contributed by atoms with Gasteiger partial charge in [0.15, 0.2) is 5.69 Å². The van der Waals surface area contributed by atoms with Crippen LogP contribution in [0.2, 0.25) is 0 Å². The van der Waals surface area contributed by atoms with E-state index in [-0.39, 0.29) is 0 Å². The SMILES string of the molecule is CC(C)C1CCn2cc(C(F)(F)F)nc2C1. The third kappa shape index (κ3) is 2.08. The summed E-state index contributed by atoms with van der Waals surface area (Å²) >= 11 is 0. The average molecular weight is 232 g/mol. The first-order valence-electron chi connectivity index (χ1n) is 5.51. The second-order valence-corrected chi connectivity index (χ2v) is 4.73. The Hall–Kier alpha value is -1.00. The zero-order valence-electron chi connectivity index (χ0n) is 9.38. The molecule has 90 valence electrons. The van der Waals surface area contributed by atoms with E-state index in [0.29, 0.717) is 30.6 Å². The largest absolute Gasteiger partial charge is 0.434 e. The summed E-state index contributed by atoms with van der Waals surface area (Å²) in [5, 5.41) is 0. The summed E-state index contributed by atoms with van der Waals surface area (Å²) in [5.74, 6) is 1.54. The Balaban J connectivity index is 2.23. The summed E-state index contributed by atoms with van der Waals surface area (Å²) in [6.45, 7) is 4.86. The van der Waals surface area contributed by atoms with E-state index in [1.807, 2.05) is 0 Å². The van der Waals surface area contributed by atoms with Gasteiger partial charge in [-0.3, -0.25) is 0 Å². The molecule has 0 bridgehead atoms. The molecule has 2 nitrogen and oxygen atoms in total. The standard InChI is InChI=1S/C11H15F3N2/c1-7(2)8-3-4-16-6-9(11(12,13)14)15-10(16)5-8/h6-8H,3-5H2,1-2H3. The Morgan fingerprint density at radius 3 is 2.69 bits per heavy atom. The van der Waals surface area contributed by atoms with Crippen molar-refractivity contribution < 1.29 is 13.2 Å². The van der Waals surface area contributed by atoms with E-state index in [1.54, 1.807) is 4.57 Å². The van der Waals surface area contributed by atoms with Gasteiger partial charge >= 0.3 is 6.18 Å². The van der Waals surface area contributed by atoms with Crippen molar-refractivity contribution in [3.05, 3.63) is 17.7 Å². The molecule has 0 saturated carbocycles. The molecule has 0 N–H and O–H groups in total. The first kappa shape index (κ1) is 11.5. The molecule has 1 aliphatic heterocycles. The molecule has 0 fully saturated rings. The first-order valence-corrected chi connectivity index (χ1v) is 5.51. The van der Waals surface area contributed by atoms with Crippen LogP contribution in [0, 0.1) is 11.8 Å². The van der Waals surface area contributed by atoms with Gasteiger partial charge in [0.1, 0.15) is 5.82 Å². The maximum atomic E-state index is 12.5. The zero-order chi connectivity index (χ0) is 11.9. The molecule has 0 aromatic carbocycles. The first-order chi connectivity index (χ1) is 7.38. The lowest BCUT2D eigenvalue weighted by atomic mass is 9.87. The van der Waals surface area contributed by atoms with Gasteiger partial charge in [-0.2, -0.15) is 13.2 Å². The van der Waals surface area contributed by atoms with E-state index in [2.05, 4.69) is 18.8 Å². The Morgan fingerprint density at radius 1 is 1.44 bits per heavy atom. The molecule has 2 rings (SSSR count). The number of imidazole rings is 1. The summed E-state index contributed by atoms with van der Waals surface area (Å²) in [4.78, 5) is 3.69. The fraction of sp³-hybridized carbons (Fsp3) is 0.727. The van der Waals surface area contributed by atoms with E-state index in [0.717, 1.165) is 12.6 Å². The molecule has 0 aliphatic carbocycles. The van der Waals surface area contributed by atoms with Crippen molar-refractivity contribution in [3.8, 4) is 0 Å². The molecule has 1 aliphatic rings. The fourth-order valence-electron chi connectivity index (χ4n) is 2.16. The van der Waals surface area contributed by atoms with Crippen LogP contribution in [0.25, 0.3) is 0 Å². The number of alkyl halides is 3. The van der Waals surface area contributed by atoms with Crippen LogP contribution in [-0.2, 0) is 19.1 Å². The Morgan fingerprint density at radius 2 is 2.12 bits per heavy atom. The van der Waals surface area contributed by atoms with Crippen molar-refractivity contribution in [2.75, 3.05) is 0 Å². The quantitative estimate of drug-likeness (QED) is 0.727. The lowest BCUT2D eigenvalue weighted by molar-refractivity contribution is -0.141. The summed E-state index contributed by atoms with van der Waals surface area (Å²) in [7, 11) is 0. The van der Waals surface area contributed by atoms with Gasteiger partial charge < -0.3 is 4.57 Å². The van der Waals surface area contributed by atoms with Crippen molar-refractivity contribution in [1.29, 1.82) is 0 Å². The van der Waals surface area contributed by atoms with E-state index in [1.165, 1.54) is 0 Å². The molecular weight excluding hydrogens is 217 g/mol. The molecule has 1 atom stereocenters. The van der Waals surface area contributed by atoms with E-state index < -0.39 is 11.9 Å². The third-order valence-electron chi connectivity index (χ3n) is 3.28. The number of halogens is 3. The summed E-state index contributed by atoms with van der Waals surface area (Å²) in [6, 6.07) is 0. The number of aromatic nitrogens is 2. The lowest BCUT2D eigenvalue weighted by Gasteiger charge is -2.25. The Kier molecular flexibility index (Phi) is 2.72. The van der Waals surface area contributed by atoms with E-state index in [4.69, 9.17) is 0 Å². The van der Waals surface area contributed by atoms with Crippen LogP contribution in [0.3, 0.4) is 0 Å². The predicted molar refractivity (Wildman–Crippen MR) is 53.9 cm³/mol. The van der Waals surface area contributed by atoms with Gasteiger partial charge in [0, 0.05) is 19.2 Å². The maximum absolute atomic E-state index is 12.5. The molecule has 0 radical (unpaired) electrons. The molecule has 1 aromatic rings. The molecule has 0 spiro atoms. The molecule has 5 heteroatoms. The highest BCUT2D eigenvalue weighted by atomic mass is 19.4. The number of fused-ring (bicyclic) bond motifs is 1. The van der Waals surface area contributed by atoms with E-state index >= 15 is 0 Å². The van der Waals surface area contributed by atoms with Crippen LogP contribution >= 0.6 is 0 Å². The van der Waals surface area contributed by atoms with Crippen LogP contribution < -0.4 is 0 Å². The number of rotatable bonds is 1. The molecule has 0 saturated heterocycles. The summed E-state index contributed by atoms with van der Waals surface area (Å²) in [6.07, 6.45) is -1.59. The van der Waals surface area contributed by atoms with Gasteiger partial charge in [-0.1, -0.05) is 13.8 Å². The fourth-order valence-corrected chi connectivity index (χ4v) is 2.16. The number of hydrogen-bond donors (Lipinski definition) is 0. The van der Waals surface area contributed by atoms with Crippen LogP contribution in [0.5, 0.6) is 0 Å². The maximum Gasteiger partial charge on any atom is 0.434 e. The number of nitrogens with zero attached hydrogens (tertiary/aromatic N) is 2. The average Bonchev–Trinajstić information content (AvgIpc) is 2.58.